The Labute approximate surface area is 162 Å². The Morgan fingerprint density at radius 3 is 2.08 bits per heavy atom. The van der Waals surface area contributed by atoms with Crippen molar-refractivity contribution in [3.8, 4) is 0 Å². The van der Waals surface area contributed by atoms with Crippen LogP contribution < -0.4 is 0 Å². The van der Waals surface area contributed by atoms with Gasteiger partial charge in [0.05, 0.1) is 26.5 Å². The minimum Gasteiger partial charge on any atom is -0.298 e. The number of aryl methyl sites for hydroxylation is 1. The summed E-state index contributed by atoms with van der Waals surface area (Å²) in [5.41, 5.74) is 0.174. The number of allylic oxidation sites excluding steroid dienone is 1. The molecule has 1 atom stereocenters. The lowest BCUT2D eigenvalue weighted by molar-refractivity contribution is -0.139. The first kappa shape index (κ1) is 20.7. The Morgan fingerprint density at radius 1 is 1.04 bits per heavy atom. The molecule has 0 fully saturated rings. The first-order chi connectivity index (χ1) is 12.0. The van der Waals surface area contributed by atoms with Gasteiger partial charge in [-0.05, 0) is 41.8 Å². The fourth-order valence-corrected chi connectivity index (χ4v) is 3.01. The Hall–Kier alpha value is -1.56. The van der Waals surface area contributed by atoms with Crippen molar-refractivity contribution < 1.29 is 22.4 Å². The lowest BCUT2D eigenvalue weighted by atomic mass is 9.96. The van der Waals surface area contributed by atoms with E-state index in [-0.39, 0.29) is 31.8 Å². The van der Waals surface area contributed by atoms with Crippen LogP contribution in [0.15, 0.2) is 30.3 Å². The number of alkyl halides is 3. The molecule has 0 radical (unpaired) electrons. The zero-order valence-corrected chi connectivity index (χ0v) is 15.4. The third kappa shape index (κ3) is 4.58. The second-order valence-electron chi connectivity index (χ2n) is 5.53. The highest BCUT2D eigenvalue weighted by molar-refractivity contribution is 6.48. The largest absolute Gasteiger partial charge is 0.399 e. The van der Waals surface area contributed by atoms with Crippen molar-refractivity contribution in [2.24, 2.45) is 0 Å². The topological polar surface area (TPSA) is 17.1 Å². The third-order valence-corrected chi connectivity index (χ3v) is 4.87. The van der Waals surface area contributed by atoms with Gasteiger partial charge in [0, 0.05) is 0 Å². The molecular weight excluding hydrogens is 415 g/mol. The Balaban J connectivity index is 2.47. The van der Waals surface area contributed by atoms with E-state index in [0.29, 0.717) is 11.8 Å². The monoisotopic (exact) mass is 424 g/mol. The van der Waals surface area contributed by atoms with Gasteiger partial charge in [0.1, 0.15) is 5.82 Å². The van der Waals surface area contributed by atoms with Crippen LogP contribution in [0.25, 0.3) is 6.08 Å². The molecule has 26 heavy (non-hydrogen) atoms. The van der Waals surface area contributed by atoms with E-state index in [1.165, 1.54) is 13.0 Å². The molecule has 0 heterocycles. The number of carbonyl (C=O) groups is 1. The number of aldehydes is 1. The van der Waals surface area contributed by atoms with Crippen LogP contribution in [0.4, 0.5) is 17.6 Å². The van der Waals surface area contributed by atoms with E-state index in [1.54, 1.807) is 0 Å². The maximum atomic E-state index is 13.8. The number of hydrogen-bond donors (Lipinski definition) is 0. The maximum Gasteiger partial charge on any atom is 0.399 e. The highest BCUT2D eigenvalue weighted by Crippen LogP contribution is 2.41. The summed E-state index contributed by atoms with van der Waals surface area (Å²) < 4.78 is 54.2. The molecule has 2 aromatic carbocycles. The van der Waals surface area contributed by atoms with Gasteiger partial charge in [-0.25, -0.2) is 4.39 Å². The molecule has 0 aliphatic carbocycles. The first-order valence-corrected chi connectivity index (χ1v) is 8.32. The zero-order valence-electron chi connectivity index (χ0n) is 13.2. The predicted molar refractivity (Wildman–Crippen MR) is 95.8 cm³/mol. The summed E-state index contributed by atoms with van der Waals surface area (Å²) in [5, 5.41) is -0.243. The van der Waals surface area contributed by atoms with E-state index in [4.69, 9.17) is 34.8 Å². The molecule has 0 aromatic heterocycles. The second kappa shape index (κ2) is 7.99. The molecule has 0 aliphatic rings. The maximum absolute atomic E-state index is 13.8. The summed E-state index contributed by atoms with van der Waals surface area (Å²) >= 11 is 17.4. The van der Waals surface area contributed by atoms with Gasteiger partial charge in [-0.1, -0.05) is 53.0 Å². The molecule has 2 aromatic rings. The van der Waals surface area contributed by atoms with E-state index in [9.17, 15) is 22.4 Å². The highest BCUT2D eigenvalue weighted by Gasteiger charge is 2.39. The molecule has 0 amide bonds. The van der Waals surface area contributed by atoms with Crippen molar-refractivity contribution in [1.29, 1.82) is 0 Å². The molecule has 1 unspecified atom stereocenters. The van der Waals surface area contributed by atoms with E-state index in [1.807, 2.05) is 0 Å². The summed E-state index contributed by atoms with van der Waals surface area (Å²) in [7, 11) is 0. The summed E-state index contributed by atoms with van der Waals surface area (Å²) in [6.45, 7) is 1.49. The minimum atomic E-state index is -4.63. The molecule has 0 saturated carbocycles. The quantitative estimate of drug-likeness (QED) is 0.286. The normalized spacial score (nSPS) is 13.2. The van der Waals surface area contributed by atoms with E-state index in [2.05, 4.69) is 0 Å². The number of halogens is 7. The van der Waals surface area contributed by atoms with Crippen molar-refractivity contribution in [2.75, 3.05) is 0 Å². The fraction of sp³-hybridized carbons (Fsp3) is 0.167. The predicted octanol–water partition coefficient (Wildman–Crippen LogP) is 7.27. The van der Waals surface area contributed by atoms with E-state index in [0.717, 1.165) is 30.4 Å². The van der Waals surface area contributed by atoms with Gasteiger partial charge in [0.15, 0.2) is 6.29 Å². The van der Waals surface area contributed by atoms with E-state index < -0.39 is 17.9 Å². The molecule has 0 bridgehead atoms. The molecule has 0 aliphatic heterocycles. The third-order valence-electron chi connectivity index (χ3n) is 3.68. The van der Waals surface area contributed by atoms with Crippen LogP contribution in [0, 0.1) is 12.7 Å². The average Bonchev–Trinajstić information content (AvgIpc) is 2.51. The molecule has 0 N–H and O–H groups in total. The van der Waals surface area contributed by atoms with Crippen LogP contribution in [0.2, 0.25) is 15.1 Å². The SMILES string of the molecule is Cc1cc(/C=C/C(c2cc(Cl)c(Cl)c(Cl)c2)C(F)(F)F)cc(F)c1C=O. The molecule has 0 saturated heterocycles. The number of carbonyl (C=O) groups excluding carboxylic acids is 1. The number of hydrogen-bond acceptors (Lipinski definition) is 1. The van der Waals surface area contributed by atoms with E-state index >= 15 is 0 Å². The number of benzene rings is 2. The zero-order chi connectivity index (χ0) is 19.6. The van der Waals surface area contributed by atoms with Gasteiger partial charge in [-0.15, -0.1) is 0 Å². The summed E-state index contributed by atoms with van der Waals surface area (Å²) in [6.07, 6.45) is -2.29. The molecular formula is C18H11Cl3F4O. The summed E-state index contributed by atoms with van der Waals surface area (Å²) in [4.78, 5) is 10.8. The molecule has 8 heteroatoms. The lowest BCUT2D eigenvalue weighted by Crippen LogP contribution is -2.19. The Bertz CT molecular complexity index is 829. The summed E-state index contributed by atoms with van der Waals surface area (Å²) in [5.74, 6) is -2.83. The molecule has 138 valence electrons. The van der Waals surface area contributed by atoms with Gasteiger partial charge in [-0.2, -0.15) is 13.2 Å². The van der Waals surface area contributed by atoms with Gasteiger partial charge < -0.3 is 0 Å². The number of rotatable bonds is 4. The summed E-state index contributed by atoms with van der Waals surface area (Å²) in [6, 6.07) is 4.57. The van der Waals surface area contributed by atoms with Crippen molar-refractivity contribution in [2.45, 2.75) is 19.0 Å². The average molecular weight is 426 g/mol. The van der Waals surface area contributed by atoms with Crippen LogP contribution >= 0.6 is 34.8 Å². The van der Waals surface area contributed by atoms with Gasteiger partial charge in [-0.3, -0.25) is 4.79 Å². The van der Waals surface area contributed by atoms with Gasteiger partial charge >= 0.3 is 6.18 Å². The lowest BCUT2D eigenvalue weighted by Gasteiger charge is -2.18. The van der Waals surface area contributed by atoms with Crippen molar-refractivity contribution in [1.82, 2.24) is 0 Å². The Morgan fingerprint density at radius 2 is 1.62 bits per heavy atom. The van der Waals surface area contributed by atoms with Crippen LogP contribution in [-0.2, 0) is 0 Å². The smallest absolute Gasteiger partial charge is 0.298 e. The van der Waals surface area contributed by atoms with Crippen LogP contribution in [-0.4, -0.2) is 12.5 Å². The minimum absolute atomic E-state index is 0.0378. The van der Waals surface area contributed by atoms with Crippen molar-refractivity contribution >= 4 is 47.2 Å². The molecule has 2 rings (SSSR count). The second-order valence-corrected chi connectivity index (χ2v) is 6.72. The molecule has 1 nitrogen and oxygen atoms in total. The van der Waals surface area contributed by atoms with Crippen LogP contribution in [0.1, 0.15) is 33.0 Å². The van der Waals surface area contributed by atoms with Crippen molar-refractivity contribution in [3.05, 3.63) is 73.5 Å². The Kier molecular flexibility index (Phi) is 6.37. The van der Waals surface area contributed by atoms with Crippen LogP contribution in [0.3, 0.4) is 0 Å². The van der Waals surface area contributed by atoms with Crippen molar-refractivity contribution in [3.63, 3.8) is 0 Å². The molecule has 0 spiro atoms. The van der Waals surface area contributed by atoms with Gasteiger partial charge in [0.25, 0.3) is 0 Å². The van der Waals surface area contributed by atoms with Gasteiger partial charge in [0.2, 0.25) is 0 Å². The van der Waals surface area contributed by atoms with Crippen LogP contribution in [0.5, 0.6) is 0 Å². The fourth-order valence-electron chi connectivity index (χ4n) is 2.40. The first-order valence-electron chi connectivity index (χ1n) is 7.19. The standard InChI is InChI=1S/C18H11Cl3F4O/c1-9-4-10(5-16(22)12(9)8-26)2-3-13(18(23,24)25)11-6-14(19)17(21)15(20)7-11/h2-8,13H,1H3/b3-2+. The highest BCUT2D eigenvalue weighted by atomic mass is 35.5.